The third kappa shape index (κ3) is 3.72. The highest BCUT2D eigenvalue weighted by molar-refractivity contribution is 8.18. The van der Waals surface area contributed by atoms with Crippen molar-refractivity contribution in [2.45, 2.75) is 13.8 Å². The third-order valence-corrected chi connectivity index (χ3v) is 6.59. The Balaban J connectivity index is 1.62. The molecule has 1 aromatic carbocycles. The molecule has 152 valence electrons. The van der Waals surface area contributed by atoms with Gasteiger partial charge in [-0.2, -0.15) is 0 Å². The van der Waals surface area contributed by atoms with E-state index in [1.165, 1.54) is 17.4 Å². The standard InChI is InChI=1S/C22H26N4O2S/c1-15-13-17(14-20-21(27)24(4)22(23-3)29-20)16(2)26(15)19-7-5-18(6-8-19)25-9-11-28-12-10-25/h5-8,13-14H,9-12H2,1-4H3/b20-14+,23-22?. The fourth-order valence-electron chi connectivity index (χ4n) is 3.86. The van der Waals surface area contributed by atoms with E-state index in [1.807, 2.05) is 6.08 Å². The molecular formula is C22H26N4O2S. The molecule has 0 unspecified atom stereocenters. The highest BCUT2D eigenvalue weighted by atomic mass is 32.2. The van der Waals surface area contributed by atoms with E-state index < -0.39 is 0 Å². The van der Waals surface area contributed by atoms with Crippen LogP contribution in [0.15, 0.2) is 40.2 Å². The van der Waals surface area contributed by atoms with Crippen molar-refractivity contribution in [2.75, 3.05) is 45.3 Å². The maximum Gasteiger partial charge on any atom is 0.266 e. The summed E-state index contributed by atoms with van der Waals surface area (Å²) in [5.41, 5.74) is 5.67. The van der Waals surface area contributed by atoms with Crippen LogP contribution in [0, 0.1) is 13.8 Å². The van der Waals surface area contributed by atoms with Crippen LogP contribution in [0.1, 0.15) is 17.0 Å². The van der Waals surface area contributed by atoms with Crippen LogP contribution in [0.3, 0.4) is 0 Å². The molecule has 3 heterocycles. The van der Waals surface area contributed by atoms with Gasteiger partial charge in [-0.3, -0.25) is 14.7 Å². The Morgan fingerprint density at radius 3 is 2.38 bits per heavy atom. The average Bonchev–Trinajstić information content (AvgIpc) is 3.18. The summed E-state index contributed by atoms with van der Waals surface area (Å²) < 4.78 is 7.68. The summed E-state index contributed by atoms with van der Waals surface area (Å²) in [6, 6.07) is 10.8. The number of nitrogens with zero attached hydrogens (tertiary/aromatic N) is 4. The van der Waals surface area contributed by atoms with Gasteiger partial charge in [0, 0.05) is 49.9 Å². The summed E-state index contributed by atoms with van der Waals surface area (Å²) in [6.07, 6.45) is 1.97. The van der Waals surface area contributed by atoms with Crippen LogP contribution in [-0.2, 0) is 9.53 Å². The van der Waals surface area contributed by atoms with E-state index in [-0.39, 0.29) is 5.91 Å². The van der Waals surface area contributed by atoms with Crippen LogP contribution in [0.25, 0.3) is 11.8 Å². The summed E-state index contributed by atoms with van der Waals surface area (Å²) in [7, 11) is 3.47. The van der Waals surface area contributed by atoms with Gasteiger partial charge in [-0.05, 0) is 67.6 Å². The van der Waals surface area contributed by atoms with E-state index in [0.717, 1.165) is 54.1 Å². The number of hydrogen-bond donors (Lipinski definition) is 0. The number of anilines is 1. The minimum atomic E-state index is -0.00438. The minimum Gasteiger partial charge on any atom is -0.378 e. The topological polar surface area (TPSA) is 50.1 Å². The molecule has 0 N–H and O–H groups in total. The number of morpholine rings is 1. The monoisotopic (exact) mass is 410 g/mol. The van der Waals surface area contributed by atoms with Crippen molar-refractivity contribution in [1.82, 2.24) is 9.47 Å². The largest absolute Gasteiger partial charge is 0.378 e. The molecule has 2 saturated heterocycles. The summed E-state index contributed by atoms with van der Waals surface area (Å²) in [4.78, 5) is 21.3. The zero-order valence-electron chi connectivity index (χ0n) is 17.3. The smallest absolute Gasteiger partial charge is 0.266 e. The van der Waals surface area contributed by atoms with E-state index >= 15 is 0 Å². The second-order valence-corrected chi connectivity index (χ2v) is 8.27. The molecule has 2 aliphatic heterocycles. The number of aryl methyl sites for hydroxylation is 1. The van der Waals surface area contributed by atoms with Crippen LogP contribution in [-0.4, -0.2) is 60.9 Å². The number of aliphatic imine (C=N–C) groups is 1. The van der Waals surface area contributed by atoms with Gasteiger partial charge in [0.2, 0.25) is 0 Å². The van der Waals surface area contributed by atoms with Gasteiger partial charge < -0.3 is 14.2 Å². The van der Waals surface area contributed by atoms with E-state index in [9.17, 15) is 4.79 Å². The van der Waals surface area contributed by atoms with E-state index in [2.05, 4.69) is 58.6 Å². The van der Waals surface area contributed by atoms with Crippen LogP contribution in [0.5, 0.6) is 0 Å². The first-order chi connectivity index (χ1) is 14.0. The zero-order chi connectivity index (χ0) is 20.5. The molecule has 1 aromatic heterocycles. The summed E-state index contributed by atoms with van der Waals surface area (Å²) in [5.74, 6) is -0.00438. The lowest BCUT2D eigenvalue weighted by molar-refractivity contribution is -0.121. The van der Waals surface area contributed by atoms with Crippen molar-refractivity contribution in [2.24, 2.45) is 4.99 Å². The quantitative estimate of drug-likeness (QED) is 0.727. The number of hydrogen-bond acceptors (Lipinski definition) is 5. The number of carbonyl (C=O) groups is 1. The predicted octanol–water partition coefficient (Wildman–Crippen LogP) is 3.46. The zero-order valence-corrected chi connectivity index (χ0v) is 18.1. The second-order valence-electron chi connectivity index (χ2n) is 7.26. The minimum absolute atomic E-state index is 0.00438. The number of rotatable bonds is 3. The van der Waals surface area contributed by atoms with Gasteiger partial charge in [-0.15, -0.1) is 0 Å². The van der Waals surface area contributed by atoms with Gasteiger partial charge in [-0.25, -0.2) is 0 Å². The van der Waals surface area contributed by atoms with Gasteiger partial charge in [0.05, 0.1) is 18.1 Å². The first-order valence-corrected chi connectivity index (χ1v) is 10.6. The lowest BCUT2D eigenvalue weighted by Gasteiger charge is -2.29. The summed E-state index contributed by atoms with van der Waals surface area (Å²) in [5, 5.41) is 0.730. The van der Waals surface area contributed by atoms with Crippen LogP contribution in [0.2, 0.25) is 0 Å². The van der Waals surface area contributed by atoms with Gasteiger partial charge in [-0.1, -0.05) is 0 Å². The molecule has 2 fully saturated rings. The SMILES string of the molecule is CN=C1S/C(=C/c2cc(C)n(-c3ccc(N4CCOCC4)cc3)c2C)C(=O)N1C. The number of amides is 1. The number of aromatic nitrogens is 1. The van der Waals surface area contributed by atoms with Crippen molar-refractivity contribution in [3.63, 3.8) is 0 Å². The van der Waals surface area contributed by atoms with Gasteiger partial charge in [0.15, 0.2) is 5.17 Å². The Morgan fingerprint density at radius 1 is 1.10 bits per heavy atom. The lowest BCUT2D eigenvalue weighted by Crippen LogP contribution is -2.36. The Hall–Kier alpha value is -2.51. The molecule has 2 aliphatic rings. The highest BCUT2D eigenvalue weighted by Crippen LogP contribution is 2.33. The Morgan fingerprint density at radius 2 is 1.76 bits per heavy atom. The van der Waals surface area contributed by atoms with E-state index in [0.29, 0.717) is 4.91 Å². The molecular weight excluding hydrogens is 384 g/mol. The molecule has 1 amide bonds. The number of amidine groups is 1. The van der Waals surface area contributed by atoms with Gasteiger partial charge in [0.1, 0.15) is 0 Å². The fraction of sp³-hybridized carbons (Fsp3) is 0.364. The number of likely N-dealkylation sites (N-methyl/N-ethyl adjacent to an activating group) is 1. The van der Waals surface area contributed by atoms with Crippen LogP contribution in [0.4, 0.5) is 5.69 Å². The highest BCUT2D eigenvalue weighted by Gasteiger charge is 2.30. The van der Waals surface area contributed by atoms with E-state index in [1.54, 1.807) is 19.0 Å². The van der Waals surface area contributed by atoms with Crippen molar-refractivity contribution in [3.8, 4) is 5.69 Å². The molecule has 0 spiro atoms. The van der Waals surface area contributed by atoms with Crippen LogP contribution >= 0.6 is 11.8 Å². The molecule has 0 atom stereocenters. The molecule has 0 saturated carbocycles. The molecule has 0 radical (unpaired) electrons. The third-order valence-electron chi connectivity index (χ3n) is 5.44. The maximum atomic E-state index is 12.5. The summed E-state index contributed by atoms with van der Waals surface area (Å²) >= 11 is 1.42. The number of ether oxygens (including phenoxy) is 1. The maximum absolute atomic E-state index is 12.5. The van der Waals surface area contributed by atoms with Gasteiger partial charge >= 0.3 is 0 Å². The molecule has 0 aliphatic carbocycles. The Bertz CT molecular complexity index is 985. The average molecular weight is 411 g/mol. The number of thioether (sulfide) groups is 1. The molecule has 2 aromatic rings. The first kappa shape index (κ1) is 19.8. The molecule has 6 nitrogen and oxygen atoms in total. The molecule has 7 heteroatoms. The van der Waals surface area contributed by atoms with Crippen LogP contribution < -0.4 is 4.90 Å². The van der Waals surface area contributed by atoms with Crippen molar-refractivity contribution < 1.29 is 9.53 Å². The predicted molar refractivity (Wildman–Crippen MR) is 120 cm³/mol. The first-order valence-electron chi connectivity index (χ1n) is 9.76. The lowest BCUT2D eigenvalue weighted by atomic mass is 10.2. The number of benzene rings is 1. The Kier molecular flexibility index (Phi) is 5.52. The Labute approximate surface area is 175 Å². The normalized spacial score (nSPS) is 20.3. The fourth-order valence-corrected chi connectivity index (χ4v) is 4.77. The molecule has 4 rings (SSSR count). The second kappa shape index (κ2) is 8.08. The van der Waals surface area contributed by atoms with Crippen molar-refractivity contribution in [3.05, 3.63) is 52.2 Å². The molecule has 0 bridgehead atoms. The molecule has 29 heavy (non-hydrogen) atoms. The van der Waals surface area contributed by atoms with Gasteiger partial charge in [0.25, 0.3) is 5.91 Å². The van der Waals surface area contributed by atoms with Crippen molar-refractivity contribution >= 4 is 34.6 Å². The summed E-state index contributed by atoms with van der Waals surface area (Å²) in [6.45, 7) is 7.62. The van der Waals surface area contributed by atoms with E-state index in [4.69, 9.17) is 4.74 Å². The van der Waals surface area contributed by atoms with Crippen molar-refractivity contribution in [1.29, 1.82) is 0 Å². The number of carbonyl (C=O) groups excluding carboxylic acids is 1.